The maximum Gasteiger partial charge on any atom is 0.433 e. The summed E-state index contributed by atoms with van der Waals surface area (Å²) in [5.41, 5.74) is -6.76. The minimum atomic E-state index is -4.72. The first kappa shape index (κ1) is 99.2. The minimum Gasteiger partial charge on any atom is -0.439 e. The van der Waals surface area contributed by atoms with Crippen molar-refractivity contribution in [1.29, 1.82) is 0 Å². The molecular weight excluding hydrogens is 1730 g/mol. The number of aliphatic hydroxyl groups excluding tert-OH is 3. The molecule has 9 aromatic rings. The van der Waals surface area contributed by atoms with Crippen LogP contribution in [0.15, 0.2) is 128 Å². The fourth-order valence-electron chi connectivity index (χ4n) is 14.8. The number of anilines is 7. The van der Waals surface area contributed by atoms with Crippen LogP contribution in [0.4, 0.5) is 129 Å². The fourth-order valence-corrected chi connectivity index (χ4v) is 14.8. The van der Waals surface area contributed by atoms with Gasteiger partial charge in [0, 0.05) is 135 Å². The molecule has 0 spiro atoms. The molecule has 11 N–H and O–H groups in total. The smallest absolute Gasteiger partial charge is 0.433 e. The van der Waals surface area contributed by atoms with Gasteiger partial charge in [0.15, 0.2) is 0 Å². The second kappa shape index (κ2) is 39.6. The summed E-state index contributed by atoms with van der Waals surface area (Å²) in [7, 11) is 0. The second-order valence-corrected chi connectivity index (χ2v) is 33.9. The molecule has 0 aliphatic heterocycles. The third-order valence-corrected chi connectivity index (χ3v) is 23.0. The molecule has 23 nitrogen and oxygen atoms in total. The Bertz CT molecular complexity index is 5200. The quantitative estimate of drug-likeness (QED) is 0.0250. The molecule has 43 heteroatoms. The highest BCUT2D eigenvalue weighted by molar-refractivity contribution is 5.54. The van der Waals surface area contributed by atoms with Gasteiger partial charge in [-0.15, -0.1) is 0 Å². The summed E-state index contributed by atoms with van der Waals surface area (Å²) in [4.78, 5) is 42.3. The standard InChI is InChI=1S/C25H28F3N5O2.C20H23F6N5O.C20H22F6N4O.C20H23F5N4O/c1-16-5-7-19(8-6-16)35-22-17(4-3-13-29-22)14-30-23-31-15-20(25(26,27)28)21(33-23)32-18-9-11-24(2,34)12-10-18;1-18(2)8-12(5-6-14(18)32)30-16-13(19(21,22)23)10-29-17(31-16)28-9-11-4-3-7-27-15(11)20(24,25)26;1-18(2)12(10-31)7-15(18)29-16-14(20(24,25)26)9-28-17(30-16)27-8-11-5-3-4-6-13(11)19(21,22)23;1-18(2)14(8-15(18)30)28-17-13(20(23,24)25)10-27-16(29-17)5-4-11-9-26-7-6-12(11)19(3,21)22/h3-8,13,15,18,34H,9-12,14H2,1-2H3,(H2,30,31,32,33);3-4,7,10,12,14,32H,5-6,8-9H2,1-2H3,(H2,28,29,30,31);3-6,9,12,15,31H,7-8,10H2,1-2H3,(H2,27,28,29,30);6-7,9-10,14-15,30H,4-5,8H2,1-3H3,(H,27,28,29)/t;12-,14+;12-,15-;14-,15-/m.111/s1. The van der Waals surface area contributed by atoms with Crippen LogP contribution >= 0.6 is 0 Å². The lowest BCUT2D eigenvalue weighted by Gasteiger charge is -2.52. The Hall–Kier alpha value is -11.0. The SMILES string of the molecule is CC(F)(F)c1ccncc1CCc1ncc(C(F)(F)F)c(N[C@@H]2C[C@@H](O)C2(C)C)n1.CC1(C)C[C@H](Nc2nc(NCc3cccnc3C(F)(F)F)ncc2C(F)(F)F)CC[C@@H]1O.CC1(C)[C@@H](CO)C[C@H]1Nc1nc(NCc2ccccc2C(F)(F)F)ncc1C(F)(F)F.Cc1ccc(Oc2ncccc2CNc2ncc(C(F)(F)F)c(NC3CCC(C)(O)CC3)n2)cc1. The number of halogens is 20. The zero-order valence-electron chi connectivity index (χ0n) is 70.4. The number of rotatable bonds is 24. The van der Waals surface area contributed by atoms with Gasteiger partial charge in [-0.3, -0.25) is 9.97 Å². The second-order valence-electron chi connectivity index (χ2n) is 33.9. The van der Waals surface area contributed by atoms with Gasteiger partial charge in [0.25, 0.3) is 5.92 Å². The minimum absolute atomic E-state index is 0.0495. The van der Waals surface area contributed by atoms with E-state index in [2.05, 4.69) is 92.0 Å². The van der Waals surface area contributed by atoms with Crippen molar-refractivity contribution < 1.29 is 113 Å². The van der Waals surface area contributed by atoms with E-state index in [1.54, 1.807) is 39.1 Å². The van der Waals surface area contributed by atoms with Crippen LogP contribution in [0.3, 0.4) is 0 Å². The van der Waals surface area contributed by atoms with Crippen LogP contribution in [0.2, 0.25) is 0 Å². The van der Waals surface area contributed by atoms with Crippen LogP contribution in [0, 0.1) is 29.1 Å². The van der Waals surface area contributed by atoms with E-state index >= 15 is 0 Å². The fraction of sp³-hybridized carbons (Fsp3) is 0.494. The maximum atomic E-state index is 13.8. The maximum absolute atomic E-state index is 13.8. The van der Waals surface area contributed by atoms with Crippen LogP contribution in [0.5, 0.6) is 11.6 Å². The highest BCUT2D eigenvalue weighted by Crippen LogP contribution is 2.50. The van der Waals surface area contributed by atoms with E-state index in [1.165, 1.54) is 48.8 Å². The molecule has 7 heterocycles. The zero-order chi connectivity index (χ0) is 94.1. The van der Waals surface area contributed by atoms with Gasteiger partial charge in [-0.25, -0.2) is 38.7 Å². The number of aromatic nitrogens is 11. The van der Waals surface area contributed by atoms with Crippen molar-refractivity contribution in [1.82, 2.24) is 54.8 Å². The Morgan fingerprint density at radius 3 is 1.39 bits per heavy atom. The lowest BCUT2D eigenvalue weighted by molar-refractivity contribution is -0.142. The Morgan fingerprint density at radius 1 is 0.430 bits per heavy atom. The molecule has 4 fully saturated rings. The van der Waals surface area contributed by atoms with E-state index < -0.39 is 122 Å². The summed E-state index contributed by atoms with van der Waals surface area (Å²) in [6, 6.07) is 18.4. The molecule has 696 valence electrons. The van der Waals surface area contributed by atoms with Gasteiger partial charge in [0.1, 0.15) is 62.8 Å². The zero-order valence-corrected chi connectivity index (χ0v) is 70.4. The summed E-state index contributed by atoms with van der Waals surface area (Å²) in [6.45, 7) is 14.7. The van der Waals surface area contributed by atoms with Gasteiger partial charge in [0.2, 0.25) is 23.7 Å². The number of ether oxygens (including phenoxy) is 1. The van der Waals surface area contributed by atoms with Crippen LogP contribution in [0.1, 0.15) is 186 Å². The summed E-state index contributed by atoms with van der Waals surface area (Å²) < 4.78 is 274. The van der Waals surface area contributed by atoms with E-state index in [4.69, 9.17) is 4.74 Å². The normalized spacial score (nSPS) is 20.9. The highest BCUT2D eigenvalue weighted by Gasteiger charge is 2.51. The van der Waals surface area contributed by atoms with Crippen molar-refractivity contribution >= 4 is 41.1 Å². The number of benzene rings is 2. The Balaban J connectivity index is 0.000000178. The number of aliphatic hydroxyl groups is 4. The average Bonchev–Trinajstić information content (AvgIpc) is 0.750. The van der Waals surface area contributed by atoms with Gasteiger partial charge < -0.3 is 62.4 Å². The number of hydrogen-bond acceptors (Lipinski definition) is 23. The first-order chi connectivity index (χ1) is 59.5. The van der Waals surface area contributed by atoms with Gasteiger partial charge in [-0.2, -0.15) is 94.0 Å². The molecule has 4 aliphatic carbocycles. The van der Waals surface area contributed by atoms with Crippen LogP contribution in [-0.2, 0) is 75.5 Å². The van der Waals surface area contributed by atoms with Crippen molar-refractivity contribution in [3.05, 3.63) is 201 Å². The van der Waals surface area contributed by atoms with E-state index in [0.717, 1.165) is 30.9 Å². The molecule has 7 aromatic heterocycles. The lowest BCUT2D eigenvalue weighted by atomic mass is 9.59. The number of hydrogen-bond donors (Lipinski definition) is 11. The van der Waals surface area contributed by atoms with Crippen molar-refractivity contribution in [2.45, 2.75) is 238 Å². The summed E-state index contributed by atoms with van der Waals surface area (Å²) in [6.07, 6.45) is -16.9. The number of pyridine rings is 3. The third kappa shape index (κ3) is 26.2. The Kier molecular flexibility index (Phi) is 30.7. The first-order valence-electron chi connectivity index (χ1n) is 40.4. The Morgan fingerprint density at radius 2 is 0.898 bits per heavy atom. The summed E-state index contributed by atoms with van der Waals surface area (Å²) in [5.74, 6) is -4.03. The molecule has 0 unspecified atom stereocenters. The predicted molar refractivity (Wildman–Crippen MR) is 433 cm³/mol. The molecular formula is C85H96F20N18O5. The highest BCUT2D eigenvalue weighted by atomic mass is 19.4. The van der Waals surface area contributed by atoms with Gasteiger partial charge in [-0.1, -0.05) is 89.6 Å². The summed E-state index contributed by atoms with van der Waals surface area (Å²) >= 11 is 0. The molecule has 6 atom stereocenters. The summed E-state index contributed by atoms with van der Waals surface area (Å²) in [5, 5.41) is 58.8. The van der Waals surface area contributed by atoms with E-state index in [-0.39, 0.29) is 127 Å². The average molecular weight is 1830 g/mol. The van der Waals surface area contributed by atoms with Crippen molar-refractivity contribution in [2.24, 2.45) is 22.2 Å². The molecule has 0 radical (unpaired) electrons. The van der Waals surface area contributed by atoms with E-state index in [1.807, 2.05) is 58.9 Å². The monoisotopic (exact) mass is 1830 g/mol. The Labute approximate surface area is 722 Å². The molecule has 0 saturated heterocycles. The molecule has 13 rings (SSSR count). The largest absolute Gasteiger partial charge is 0.439 e. The van der Waals surface area contributed by atoms with Gasteiger partial charge in [0.05, 0.1) is 23.4 Å². The number of nitrogens with zero attached hydrogens (tertiary/aromatic N) is 11. The molecule has 4 aliphatic rings. The molecule has 4 saturated carbocycles. The third-order valence-electron chi connectivity index (χ3n) is 23.0. The van der Waals surface area contributed by atoms with Crippen molar-refractivity contribution in [3.8, 4) is 11.6 Å². The van der Waals surface area contributed by atoms with Crippen LogP contribution in [0.25, 0.3) is 0 Å². The van der Waals surface area contributed by atoms with Crippen LogP contribution < -0.4 is 42.0 Å². The van der Waals surface area contributed by atoms with Gasteiger partial charge in [-0.05, 0) is 142 Å². The predicted octanol–water partition coefficient (Wildman–Crippen LogP) is 19.9. The number of alkyl halides is 20. The van der Waals surface area contributed by atoms with Crippen molar-refractivity contribution in [3.63, 3.8) is 0 Å². The molecule has 0 bridgehead atoms. The van der Waals surface area contributed by atoms with Crippen molar-refractivity contribution in [2.75, 3.05) is 43.8 Å². The van der Waals surface area contributed by atoms with E-state index in [0.29, 0.717) is 93.6 Å². The molecule has 0 amide bonds. The van der Waals surface area contributed by atoms with Crippen LogP contribution in [-0.4, -0.2) is 124 Å². The lowest BCUT2D eigenvalue weighted by Crippen LogP contribution is -2.57. The van der Waals surface area contributed by atoms with E-state index in [9.17, 15) is 108 Å². The first-order valence-corrected chi connectivity index (χ1v) is 40.4. The molecule has 2 aromatic carbocycles. The number of aryl methyl sites for hydroxylation is 3. The van der Waals surface area contributed by atoms with Gasteiger partial charge >= 0.3 is 37.1 Å². The molecule has 128 heavy (non-hydrogen) atoms. The topological polar surface area (TPSA) is 316 Å². The number of nitrogens with one attached hydrogen (secondary N) is 7.